The summed E-state index contributed by atoms with van der Waals surface area (Å²) in [6.45, 7) is 0. The average molecular weight is 555 g/mol. The van der Waals surface area contributed by atoms with E-state index in [1.807, 2.05) is 0 Å². The molecule has 0 saturated heterocycles. The summed E-state index contributed by atoms with van der Waals surface area (Å²) in [4.78, 5) is 26.5. The number of aromatic nitrogens is 2. The van der Waals surface area contributed by atoms with E-state index in [4.69, 9.17) is 5.73 Å². The first-order chi connectivity index (χ1) is 17.4. The Labute approximate surface area is 204 Å². The molecule has 3 rings (SSSR count). The Morgan fingerprint density at radius 1 is 0.921 bits per heavy atom. The van der Waals surface area contributed by atoms with Crippen LogP contribution in [-0.4, -0.2) is 26.5 Å². The molecule has 9 nitrogen and oxygen atoms in total. The number of nitro benzene ring substituents is 1. The van der Waals surface area contributed by atoms with E-state index in [1.165, 1.54) is 0 Å². The summed E-state index contributed by atoms with van der Waals surface area (Å²) in [7, 11) is 0. The summed E-state index contributed by atoms with van der Waals surface area (Å²) in [6.07, 6.45) is -15.3. The van der Waals surface area contributed by atoms with Crippen LogP contribution < -0.4 is 5.73 Å². The Hall–Kier alpha value is -4.64. The van der Waals surface area contributed by atoms with Crippen molar-refractivity contribution in [3.8, 4) is 5.69 Å². The number of hydrogen-bond acceptors (Lipinski definition) is 6. The molecule has 38 heavy (non-hydrogen) atoms. The summed E-state index contributed by atoms with van der Waals surface area (Å²) in [5, 5.41) is 17.0. The second kappa shape index (κ2) is 9.67. The number of carbonyl (C=O) groups excluding carboxylic acids is 1. The molecule has 3 aromatic rings. The molecule has 0 fully saturated rings. The number of nitro groups is 1. The molecule has 0 amide bonds. The molecule has 0 aliphatic carbocycles. The van der Waals surface area contributed by atoms with Gasteiger partial charge in [0.25, 0.3) is 5.69 Å². The number of benzene rings is 2. The van der Waals surface area contributed by atoms with E-state index in [2.05, 4.69) is 15.1 Å². The summed E-state index contributed by atoms with van der Waals surface area (Å²) >= 11 is 0. The van der Waals surface area contributed by atoms with E-state index < -0.39 is 68.9 Å². The maximum Gasteiger partial charge on any atom is 0.434 e. The van der Waals surface area contributed by atoms with Crippen molar-refractivity contribution >= 4 is 17.5 Å². The minimum atomic E-state index is -5.26. The van der Waals surface area contributed by atoms with Crippen molar-refractivity contribution < 1.29 is 54.1 Å². The number of nitrogens with two attached hydrogens (primary N) is 1. The molecule has 0 atom stereocenters. The van der Waals surface area contributed by atoms with Gasteiger partial charge in [-0.2, -0.15) is 44.6 Å². The fourth-order valence-electron chi connectivity index (χ4n) is 2.98. The fraction of sp³-hybridized carbons (Fsp3) is 0.150. The van der Waals surface area contributed by atoms with Gasteiger partial charge in [-0.25, -0.2) is 9.48 Å². The molecule has 0 aliphatic heterocycles. The molecule has 0 spiro atoms. The number of nitrogens with zero attached hydrogens (tertiary/aromatic N) is 4. The molecular weight excluding hydrogens is 545 g/mol. The Morgan fingerprint density at radius 3 is 1.89 bits per heavy atom. The predicted molar refractivity (Wildman–Crippen MR) is 108 cm³/mol. The van der Waals surface area contributed by atoms with E-state index in [0.29, 0.717) is 6.20 Å². The normalized spacial score (nSPS) is 12.9. The average Bonchev–Trinajstić information content (AvgIpc) is 3.27. The van der Waals surface area contributed by atoms with Crippen molar-refractivity contribution in [1.29, 1.82) is 0 Å². The molecule has 202 valence electrons. The van der Waals surface area contributed by atoms with Crippen LogP contribution in [0.1, 0.15) is 32.7 Å². The van der Waals surface area contributed by atoms with Crippen molar-refractivity contribution in [2.75, 3.05) is 0 Å². The van der Waals surface area contributed by atoms with Crippen molar-refractivity contribution in [3.05, 3.63) is 86.7 Å². The van der Waals surface area contributed by atoms with Gasteiger partial charge in [0, 0.05) is 17.7 Å². The van der Waals surface area contributed by atoms with Crippen LogP contribution in [0.5, 0.6) is 0 Å². The minimum Gasteiger partial charge on any atom is -0.380 e. The van der Waals surface area contributed by atoms with Gasteiger partial charge in [-0.3, -0.25) is 10.1 Å². The first-order valence-electron chi connectivity index (χ1n) is 9.64. The van der Waals surface area contributed by atoms with Crippen LogP contribution >= 0.6 is 0 Å². The Kier molecular flexibility index (Phi) is 7.11. The van der Waals surface area contributed by atoms with Gasteiger partial charge in [-0.05, 0) is 30.3 Å². The number of carbonyl (C=O) groups is 1. The minimum absolute atomic E-state index is 0.162. The van der Waals surface area contributed by atoms with Gasteiger partial charge in [0.05, 0.1) is 27.9 Å². The highest BCUT2D eigenvalue weighted by molar-refractivity contribution is 5.98. The van der Waals surface area contributed by atoms with Gasteiger partial charge < -0.3 is 10.6 Å². The molecule has 18 heteroatoms. The van der Waals surface area contributed by atoms with Crippen LogP contribution in [0.4, 0.5) is 45.2 Å². The van der Waals surface area contributed by atoms with Crippen molar-refractivity contribution in [1.82, 2.24) is 9.78 Å². The lowest BCUT2D eigenvalue weighted by molar-refractivity contribution is -0.384. The van der Waals surface area contributed by atoms with Gasteiger partial charge in [-0.1, -0.05) is 5.16 Å². The highest BCUT2D eigenvalue weighted by Crippen LogP contribution is 2.37. The zero-order valence-corrected chi connectivity index (χ0v) is 18.0. The maximum absolute atomic E-state index is 13.7. The lowest BCUT2D eigenvalue weighted by Crippen LogP contribution is -2.20. The predicted octanol–water partition coefficient (Wildman–Crippen LogP) is 5.31. The lowest BCUT2D eigenvalue weighted by atomic mass is 10.0. The number of halogens is 9. The van der Waals surface area contributed by atoms with E-state index in [0.717, 1.165) is 24.3 Å². The molecule has 1 heterocycles. The van der Waals surface area contributed by atoms with Crippen molar-refractivity contribution in [2.24, 2.45) is 10.9 Å². The topological polar surface area (TPSA) is 126 Å². The molecule has 1 aromatic heterocycles. The second-order valence-electron chi connectivity index (χ2n) is 7.24. The molecule has 0 saturated carbocycles. The molecule has 0 aliphatic rings. The standard InChI is InChI=1S/C20H10F9N5O4/c21-18(22,23)10-5-9(6-11(7-10)19(24,25)26)16(30)32-38-17(35)14-8-31-33(15(14)20(27,28)29)12-1-3-13(4-2-12)34(36)37/h1-8H,(H2,30,32). The molecule has 2 N–H and O–H groups in total. The Morgan fingerprint density at radius 2 is 1.45 bits per heavy atom. The van der Waals surface area contributed by atoms with Crippen molar-refractivity contribution in [3.63, 3.8) is 0 Å². The number of non-ortho nitro benzene ring substituents is 1. The zero-order chi connectivity index (χ0) is 28.6. The molecule has 0 bridgehead atoms. The maximum atomic E-state index is 13.7. The van der Waals surface area contributed by atoms with Crippen LogP contribution in [0.25, 0.3) is 5.69 Å². The van der Waals surface area contributed by atoms with Gasteiger partial charge in [0.1, 0.15) is 5.56 Å². The number of alkyl halides is 9. The number of amidine groups is 1. The third-order valence-corrected chi connectivity index (χ3v) is 4.67. The number of hydrogen-bond donors (Lipinski definition) is 1. The first kappa shape index (κ1) is 27.9. The summed E-state index contributed by atoms with van der Waals surface area (Å²) < 4.78 is 119. The van der Waals surface area contributed by atoms with Crippen LogP contribution in [0, 0.1) is 10.1 Å². The Bertz CT molecular complexity index is 1380. The molecule has 2 aromatic carbocycles. The highest BCUT2D eigenvalue weighted by Gasteiger charge is 2.41. The smallest absolute Gasteiger partial charge is 0.380 e. The van der Waals surface area contributed by atoms with E-state index in [-0.39, 0.29) is 28.6 Å². The SMILES string of the molecule is NC(=NOC(=O)c1cnn(-c2ccc([N+](=O)[O-])cc2)c1C(F)(F)F)c1cc(C(F)(F)F)cc(C(F)(F)F)c1. The van der Waals surface area contributed by atoms with Gasteiger partial charge in [0.15, 0.2) is 11.5 Å². The van der Waals surface area contributed by atoms with E-state index in [1.54, 1.807) is 0 Å². The van der Waals surface area contributed by atoms with E-state index >= 15 is 0 Å². The fourth-order valence-corrected chi connectivity index (χ4v) is 2.98. The van der Waals surface area contributed by atoms with E-state index in [9.17, 15) is 54.4 Å². The number of oxime groups is 1. The van der Waals surface area contributed by atoms with Crippen LogP contribution in [0.3, 0.4) is 0 Å². The highest BCUT2D eigenvalue weighted by atomic mass is 19.4. The number of rotatable bonds is 5. The molecule has 0 radical (unpaired) electrons. The van der Waals surface area contributed by atoms with Crippen LogP contribution in [-0.2, 0) is 23.4 Å². The quantitative estimate of drug-likeness (QED) is 0.114. The van der Waals surface area contributed by atoms with Crippen LogP contribution in [0.2, 0.25) is 0 Å². The first-order valence-corrected chi connectivity index (χ1v) is 9.64. The van der Waals surface area contributed by atoms with Crippen molar-refractivity contribution in [2.45, 2.75) is 18.5 Å². The summed E-state index contributed by atoms with van der Waals surface area (Å²) in [6, 6.07) is 3.65. The van der Waals surface area contributed by atoms with Gasteiger partial charge in [0.2, 0.25) is 0 Å². The van der Waals surface area contributed by atoms with Crippen LogP contribution in [0.15, 0.2) is 53.8 Å². The Balaban J connectivity index is 1.97. The summed E-state index contributed by atoms with van der Waals surface area (Å²) in [5.74, 6) is -3.05. The third-order valence-electron chi connectivity index (χ3n) is 4.67. The second-order valence-corrected chi connectivity index (χ2v) is 7.24. The summed E-state index contributed by atoms with van der Waals surface area (Å²) in [5.41, 5.74) is -2.97. The largest absolute Gasteiger partial charge is 0.434 e. The monoisotopic (exact) mass is 555 g/mol. The lowest BCUT2D eigenvalue weighted by Gasteiger charge is -2.14. The van der Waals surface area contributed by atoms with Gasteiger partial charge >= 0.3 is 24.5 Å². The molecule has 0 unspecified atom stereocenters. The zero-order valence-electron chi connectivity index (χ0n) is 18.0. The third kappa shape index (κ3) is 6.01. The molecular formula is C20H10F9N5O4. The van der Waals surface area contributed by atoms with Gasteiger partial charge in [-0.15, -0.1) is 0 Å².